The minimum absolute atomic E-state index is 0.00842. The first kappa shape index (κ1) is 14.9. The van der Waals surface area contributed by atoms with Crippen LogP contribution in [0.3, 0.4) is 0 Å². The van der Waals surface area contributed by atoms with Gasteiger partial charge in [-0.25, -0.2) is 0 Å². The van der Waals surface area contributed by atoms with Crippen LogP contribution < -0.4 is 4.74 Å². The number of carbonyl (C=O) groups is 1. The van der Waals surface area contributed by atoms with E-state index >= 15 is 0 Å². The number of carbonyl (C=O) groups excluding carboxylic acids is 1. The van der Waals surface area contributed by atoms with Crippen LogP contribution in [-0.4, -0.2) is 39.8 Å². The Morgan fingerprint density at radius 2 is 2.09 bits per heavy atom. The number of amides is 1. The third kappa shape index (κ3) is 2.95. The number of hydrogen-bond acceptors (Lipinski definition) is 3. The molecule has 0 aliphatic carbocycles. The molecule has 0 unspecified atom stereocenters. The number of halogens is 1. The van der Waals surface area contributed by atoms with Gasteiger partial charge in [0, 0.05) is 12.2 Å². The van der Waals surface area contributed by atoms with E-state index in [-0.39, 0.29) is 18.1 Å². The van der Waals surface area contributed by atoms with E-state index in [1.807, 2.05) is 32.0 Å². The normalized spacial score (nSPS) is 15.0. The lowest BCUT2D eigenvalue weighted by Crippen LogP contribution is -2.56. The molecule has 3 rings (SSSR count). The molecule has 1 aliphatic rings. The standard InChI is InChI=1S/C16H18ClN3O2/c1-11(2)20-8-12(7-18-20)16(21)19-9-13(10-19)22-15-6-4-3-5-14(15)17/h3-8,11,13H,9-10H2,1-2H3. The smallest absolute Gasteiger partial charge is 0.257 e. The third-order valence-electron chi connectivity index (χ3n) is 3.64. The van der Waals surface area contributed by atoms with Crippen LogP contribution in [0.4, 0.5) is 0 Å². The van der Waals surface area contributed by atoms with E-state index in [0.29, 0.717) is 29.4 Å². The number of hydrogen-bond donors (Lipinski definition) is 0. The maximum atomic E-state index is 12.3. The predicted molar refractivity (Wildman–Crippen MR) is 84.4 cm³/mol. The van der Waals surface area contributed by atoms with Crippen LogP contribution in [0, 0.1) is 0 Å². The summed E-state index contributed by atoms with van der Waals surface area (Å²) in [5.41, 5.74) is 0.616. The van der Waals surface area contributed by atoms with Crippen molar-refractivity contribution in [2.45, 2.75) is 26.0 Å². The number of benzene rings is 1. The maximum Gasteiger partial charge on any atom is 0.257 e. The maximum absolute atomic E-state index is 12.3. The summed E-state index contributed by atoms with van der Waals surface area (Å²) in [5, 5.41) is 4.78. The number of rotatable bonds is 4. The van der Waals surface area contributed by atoms with Crippen LogP contribution in [0.2, 0.25) is 5.02 Å². The lowest BCUT2D eigenvalue weighted by molar-refractivity contribution is 0.0178. The van der Waals surface area contributed by atoms with Crippen LogP contribution in [-0.2, 0) is 0 Å². The quantitative estimate of drug-likeness (QED) is 0.870. The summed E-state index contributed by atoms with van der Waals surface area (Å²) in [6, 6.07) is 7.61. The Morgan fingerprint density at radius 3 is 2.73 bits per heavy atom. The summed E-state index contributed by atoms with van der Waals surface area (Å²) in [7, 11) is 0. The highest BCUT2D eigenvalue weighted by Gasteiger charge is 2.33. The summed E-state index contributed by atoms with van der Waals surface area (Å²) in [5.74, 6) is 0.653. The van der Waals surface area contributed by atoms with Gasteiger partial charge in [0.15, 0.2) is 0 Å². The molecule has 0 spiro atoms. The van der Waals surface area contributed by atoms with Gasteiger partial charge < -0.3 is 9.64 Å². The zero-order valence-corrected chi connectivity index (χ0v) is 13.3. The van der Waals surface area contributed by atoms with Crippen LogP contribution in [0.1, 0.15) is 30.2 Å². The first-order valence-corrected chi connectivity index (χ1v) is 7.67. The number of para-hydroxylation sites is 1. The average Bonchev–Trinajstić information content (AvgIpc) is 2.93. The van der Waals surface area contributed by atoms with Crippen LogP contribution in [0.5, 0.6) is 5.75 Å². The van der Waals surface area contributed by atoms with Gasteiger partial charge >= 0.3 is 0 Å². The van der Waals surface area contributed by atoms with Gasteiger partial charge in [0.05, 0.1) is 29.9 Å². The van der Waals surface area contributed by atoms with Crippen molar-refractivity contribution < 1.29 is 9.53 Å². The average molecular weight is 320 g/mol. The fourth-order valence-corrected chi connectivity index (χ4v) is 2.49. The fourth-order valence-electron chi connectivity index (χ4n) is 2.31. The lowest BCUT2D eigenvalue weighted by atomic mass is 10.1. The monoisotopic (exact) mass is 319 g/mol. The molecule has 0 atom stereocenters. The molecule has 1 amide bonds. The minimum atomic E-state index is -0.0102. The summed E-state index contributed by atoms with van der Waals surface area (Å²) in [6.45, 7) is 5.19. The molecular formula is C16H18ClN3O2. The molecular weight excluding hydrogens is 302 g/mol. The molecule has 1 fully saturated rings. The molecule has 2 heterocycles. The van der Waals surface area contributed by atoms with Crippen molar-refractivity contribution in [1.29, 1.82) is 0 Å². The molecule has 1 aliphatic heterocycles. The van der Waals surface area contributed by atoms with Crippen LogP contribution in [0.25, 0.3) is 0 Å². The largest absolute Gasteiger partial charge is 0.485 e. The van der Waals surface area contributed by atoms with E-state index in [2.05, 4.69) is 5.10 Å². The molecule has 1 aromatic carbocycles. The summed E-state index contributed by atoms with van der Waals surface area (Å²) in [4.78, 5) is 14.1. The van der Waals surface area contributed by atoms with Gasteiger partial charge in [0.25, 0.3) is 5.91 Å². The van der Waals surface area contributed by atoms with Crippen molar-refractivity contribution in [3.8, 4) is 5.75 Å². The van der Waals surface area contributed by atoms with E-state index in [1.165, 1.54) is 0 Å². The van der Waals surface area contributed by atoms with E-state index in [4.69, 9.17) is 16.3 Å². The van der Waals surface area contributed by atoms with Crippen molar-refractivity contribution in [3.05, 3.63) is 47.2 Å². The number of likely N-dealkylation sites (tertiary alicyclic amines) is 1. The Kier molecular flexibility index (Phi) is 4.07. The first-order valence-electron chi connectivity index (χ1n) is 7.29. The molecule has 5 nitrogen and oxygen atoms in total. The Hall–Kier alpha value is -2.01. The van der Waals surface area contributed by atoms with E-state index in [9.17, 15) is 4.79 Å². The Labute approximate surface area is 134 Å². The molecule has 22 heavy (non-hydrogen) atoms. The fraction of sp³-hybridized carbons (Fsp3) is 0.375. The van der Waals surface area contributed by atoms with E-state index in [0.717, 1.165) is 0 Å². The Bertz CT molecular complexity index is 678. The van der Waals surface area contributed by atoms with Gasteiger partial charge in [-0.15, -0.1) is 0 Å². The van der Waals surface area contributed by atoms with Crippen LogP contribution in [0.15, 0.2) is 36.7 Å². The molecule has 0 radical (unpaired) electrons. The molecule has 0 N–H and O–H groups in total. The highest BCUT2D eigenvalue weighted by molar-refractivity contribution is 6.32. The Morgan fingerprint density at radius 1 is 1.36 bits per heavy atom. The third-order valence-corrected chi connectivity index (χ3v) is 3.96. The van der Waals surface area contributed by atoms with Gasteiger partial charge in [-0.05, 0) is 26.0 Å². The van der Waals surface area contributed by atoms with Gasteiger partial charge in [-0.1, -0.05) is 23.7 Å². The van der Waals surface area contributed by atoms with Crippen LogP contribution >= 0.6 is 11.6 Å². The highest BCUT2D eigenvalue weighted by Crippen LogP contribution is 2.26. The van der Waals surface area contributed by atoms with Crippen molar-refractivity contribution in [2.24, 2.45) is 0 Å². The summed E-state index contributed by atoms with van der Waals surface area (Å²) >= 11 is 6.06. The predicted octanol–water partition coefficient (Wildman–Crippen LogP) is 3.02. The molecule has 116 valence electrons. The molecule has 2 aromatic rings. The number of aromatic nitrogens is 2. The summed E-state index contributed by atoms with van der Waals surface area (Å²) in [6.07, 6.45) is 3.39. The van der Waals surface area contributed by atoms with Crippen molar-refractivity contribution in [1.82, 2.24) is 14.7 Å². The summed E-state index contributed by atoms with van der Waals surface area (Å²) < 4.78 is 7.58. The van der Waals surface area contributed by atoms with Gasteiger partial charge in [-0.3, -0.25) is 9.48 Å². The molecule has 1 aromatic heterocycles. The van der Waals surface area contributed by atoms with Crippen molar-refractivity contribution in [2.75, 3.05) is 13.1 Å². The number of nitrogens with zero attached hydrogens (tertiary/aromatic N) is 3. The SMILES string of the molecule is CC(C)n1cc(C(=O)N2CC(Oc3ccccc3Cl)C2)cn1. The first-order chi connectivity index (χ1) is 10.5. The van der Waals surface area contributed by atoms with E-state index in [1.54, 1.807) is 28.0 Å². The lowest BCUT2D eigenvalue weighted by Gasteiger charge is -2.38. The van der Waals surface area contributed by atoms with Gasteiger partial charge in [-0.2, -0.15) is 5.10 Å². The van der Waals surface area contributed by atoms with Crippen molar-refractivity contribution in [3.63, 3.8) is 0 Å². The molecule has 0 bridgehead atoms. The second-order valence-electron chi connectivity index (χ2n) is 5.68. The highest BCUT2D eigenvalue weighted by atomic mass is 35.5. The molecule has 1 saturated heterocycles. The Balaban J connectivity index is 1.56. The molecule has 0 saturated carbocycles. The minimum Gasteiger partial charge on any atom is -0.485 e. The zero-order chi connectivity index (χ0) is 15.7. The topological polar surface area (TPSA) is 47.4 Å². The van der Waals surface area contributed by atoms with Gasteiger partial charge in [0.1, 0.15) is 11.9 Å². The molecule has 6 heteroatoms. The second kappa shape index (κ2) is 6.01. The van der Waals surface area contributed by atoms with E-state index < -0.39 is 0 Å². The number of ether oxygens (including phenoxy) is 1. The van der Waals surface area contributed by atoms with Crippen molar-refractivity contribution >= 4 is 17.5 Å². The second-order valence-corrected chi connectivity index (χ2v) is 6.09. The zero-order valence-electron chi connectivity index (χ0n) is 12.6. The van der Waals surface area contributed by atoms with Gasteiger partial charge in [0.2, 0.25) is 0 Å².